The second-order valence-electron chi connectivity index (χ2n) is 7.47. The van der Waals surface area contributed by atoms with Gasteiger partial charge in [-0.1, -0.05) is 91.0 Å². The van der Waals surface area contributed by atoms with Gasteiger partial charge in [0.05, 0.1) is 12.0 Å². The van der Waals surface area contributed by atoms with Crippen molar-refractivity contribution in [3.05, 3.63) is 126 Å². The average Bonchev–Trinajstić information content (AvgIpc) is 3.35. The van der Waals surface area contributed by atoms with Crippen LogP contribution >= 0.6 is 11.6 Å². The second kappa shape index (κ2) is 9.81. The van der Waals surface area contributed by atoms with Gasteiger partial charge < -0.3 is 15.0 Å². The van der Waals surface area contributed by atoms with Crippen LogP contribution in [0.1, 0.15) is 28.5 Å². The largest absolute Gasteiger partial charge is 0.385 e. The Morgan fingerprint density at radius 3 is 1.81 bits per heavy atom. The summed E-state index contributed by atoms with van der Waals surface area (Å²) in [5, 5.41) is 13.2. The number of halogens is 1. The quantitative estimate of drug-likeness (QED) is 0.317. The molecule has 0 aliphatic carbocycles. The number of hydrogen-bond donors (Lipinski definition) is 2. The summed E-state index contributed by atoms with van der Waals surface area (Å²) < 4.78 is 2.02. The lowest BCUT2D eigenvalue weighted by atomic mass is 9.77. The van der Waals surface area contributed by atoms with Crippen LogP contribution in [0.5, 0.6) is 0 Å². The molecule has 1 unspecified atom stereocenters. The highest BCUT2D eigenvalue weighted by molar-refractivity contribution is 6.27. The van der Waals surface area contributed by atoms with Crippen LogP contribution in [0.3, 0.4) is 0 Å². The van der Waals surface area contributed by atoms with Gasteiger partial charge in [-0.25, -0.2) is 4.98 Å². The molecule has 32 heavy (non-hydrogen) atoms. The standard InChI is InChI=1S/C26H24ClN3O2/c27-16-25(32)28-17-24(31)23-18-30(19-29-23)26(20-10-4-1-5-11-20,21-12-6-2-7-13-21)22-14-8-3-9-15-22/h1-15,18-19,24,31H,16-17H2,(H,28,32). The van der Waals surface area contributed by atoms with Gasteiger partial charge in [0.1, 0.15) is 17.5 Å². The summed E-state index contributed by atoms with van der Waals surface area (Å²) in [5.41, 5.74) is 2.95. The van der Waals surface area contributed by atoms with Gasteiger partial charge in [-0.2, -0.15) is 0 Å². The Hall–Kier alpha value is -3.41. The number of alkyl halides is 1. The molecule has 5 nitrogen and oxygen atoms in total. The number of imidazole rings is 1. The molecule has 3 aromatic carbocycles. The van der Waals surface area contributed by atoms with Crippen molar-refractivity contribution in [1.29, 1.82) is 0 Å². The van der Waals surface area contributed by atoms with Crippen LogP contribution in [-0.2, 0) is 10.3 Å². The third-order valence-corrected chi connectivity index (χ3v) is 5.76. The number of aliphatic hydroxyl groups is 1. The molecular weight excluding hydrogens is 422 g/mol. The molecule has 0 bridgehead atoms. The molecule has 1 aromatic heterocycles. The Morgan fingerprint density at radius 1 is 0.906 bits per heavy atom. The van der Waals surface area contributed by atoms with E-state index in [-0.39, 0.29) is 18.3 Å². The van der Waals surface area contributed by atoms with Crippen molar-refractivity contribution in [1.82, 2.24) is 14.9 Å². The Balaban J connectivity index is 1.88. The van der Waals surface area contributed by atoms with Gasteiger partial charge in [-0.3, -0.25) is 4.79 Å². The van der Waals surface area contributed by atoms with Gasteiger partial charge in [-0.15, -0.1) is 11.6 Å². The van der Waals surface area contributed by atoms with Crippen LogP contribution in [-0.4, -0.2) is 33.0 Å². The second-order valence-corrected chi connectivity index (χ2v) is 7.74. The third kappa shape index (κ3) is 4.17. The van der Waals surface area contributed by atoms with Crippen molar-refractivity contribution in [3.8, 4) is 0 Å². The summed E-state index contributed by atoms with van der Waals surface area (Å²) in [6.07, 6.45) is 2.61. The molecule has 0 saturated carbocycles. The van der Waals surface area contributed by atoms with Crippen molar-refractivity contribution >= 4 is 17.5 Å². The van der Waals surface area contributed by atoms with Crippen molar-refractivity contribution in [2.24, 2.45) is 0 Å². The number of aromatic nitrogens is 2. The summed E-state index contributed by atoms with van der Waals surface area (Å²) >= 11 is 5.54. The number of amides is 1. The number of benzene rings is 3. The molecule has 0 radical (unpaired) electrons. The van der Waals surface area contributed by atoms with E-state index in [9.17, 15) is 9.90 Å². The number of carbonyl (C=O) groups excluding carboxylic acids is 1. The molecule has 1 amide bonds. The third-order valence-electron chi connectivity index (χ3n) is 5.52. The average molecular weight is 446 g/mol. The minimum absolute atomic E-state index is 0.0393. The van der Waals surface area contributed by atoms with E-state index in [1.165, 1.54) is 0 Å². The van der Waals surface area contributed by atoms with Crippen molar-refractivity contribution < 1.29 is 9.90 Å². The number of aliphatic hydroxyl groups excluding tert-OH is 1. The minimum atomic E-state index is -0.955. The van der Waals surface area contributed by atoms with Crippen LogP contribution in [0.25, 0.3) is 0 Å². The molecule has 2 N–H and O–H groups in total. The van der Waals surface area contributed by atoms with Crippen LogP contribution in [0.15, 0.2) is 104 Å². The van der Waals surface area contributed by atoms with Crippen LogP contribution in [0, 0.1) is 0 Å². The summed E-state index contributed by atoms with van der Waals surface area (Å²) in [7, 11) is 0. The topological polar surface area (TPSA) is 67.2 Å². The van der Waals surface area contributed by atoms with Crippen molar-refractivity contribution in [2.75, 3.05) is 12.4 Å². The summed E-state index contributed by atoms with van der Waals surface area (Å²) in [5.74, 6) is -0.488. The highest BCUT2D eigenvalue weighted by Gasteiger charge is 2.38. The van der Waals surface area contributed by atoms with Crippen molar-refractivity contribution in [2.45, 2.75) is 11.6 Å². The molecule has 6 heteroatoms. The van der Waals surface area contributed by atoms with Crippen molar-refractivity contribution in [3.63, 3.8) is 0 Å². The fraction of sp³-hybridized carbons (Fsp3) is 0.154. The Morgan fingerprint density at radius 2 is 1.38 bits per heavy atom. The molecule has 162 valence electrons. The Labute approximate surface area is 192 Å². The zero-order valence-electron chi connectivity index (χ0n) is 17.4. The lowest BCUT2D eigenvalue weighted by molar-refractivity contribution is -0.119. The maximum absolute atomic E-state index is 11.5. The van der Waals surface area contributed by atoms with Gasteiger partial charge in [0.15, 0.2) is 0 Å². The van der Waals surface area contributed by atoms with E-state index in [0.29, 0.717) is 5.69 Å². The highest BCUT2D eigenvalue weighted by Crippen LogP contribution is 2.40. The first kappa shape index (κ1) is 21.8. The molecular formula is C26H24ClN3O2. The molecule has 4 aromatic rings. The molecule has 0 fully saturated rings. The molecule has 0 spiro atoms. The zero-order chi connectivity index (χ0) is 22.4. The number of hydrogen-bond acceptors (Lipinski definition) is 3. The first-order valence-electron chi connectivity index (χ1n) is 10.4. The SMILES string of the molecule is O=C(CCl)NCC(O)c1cn(C(c2ccccc2)(c2ccccc2)c2ccccc2)cn1. The first-order valence-corrected chi connectivity index (χ1v) is 10.9. The van der Waals surface area contributed by atoms with E-state index >= 15 is 0 Å². The van der Waals surface area contributed by atoms with Crippen LogP contribution in [0.4, 0.5) is 0 Å². The minimum Gasteiger partial charge on any atom is -0.385 e. The monoisotopic (exact) mass is 445 g/mol. The van der Waals surface area contributed by atoms with Crippen LogP contribution < -0.4 is 5.32 Å². The van der Waals surface area contributed by atoms with Gasteiger partial charge in [0.2, 0.25) is 5.91 Å². The predicted molar refractivity (Wildman–Crippen MR) is 126 cm³/mol. The van der Waals surface area contributed by atoms with E-state index in [4.69, 9.17) is 11.6 Å². The van der Waals surface area contributed by atoms with E-state index in [0.717, 1.165) is 16.7 Å². The summed E-state index contributed by atoms with van der Waals surface area (Å²) in [4.78, 5) is 16.0. The normalized spacial score (nSPS) is 12.3. The molecule has 1 atom stereocenters. The smallest absolute Gasteiger partial charge is 0.235 e. The fourth-order valence-corrected chi connectivity index (χ4v) is 4.14. The lowest BCUT2D eigenvalue weighted by Crippen LogP contribution is -2.37. The van der Waals surface area contributed by atoms with Gasteiger partial charge in [0.25, 0.3) is 0 Å². The predicted octanol–water partition coefficient (Wildman–Crippen LogP) is 4.11. The van der Waals surface area contributed by atoms with Gasteiger partial charge in [0, 0.05) is 12.7 Å². The summed E-state index contributed by atoms with van der Waals surface area (Å²) in [6.45, 7) is 0.0393. The number of rotatable bonds is 8. The van der Waals surface area contributed by atoms with E-state index < -0.39 is 11.6 Å². The lowest BCUT2D eigenvalue weighted by Gasteiger charge is -2.37. The fourth-order valence-electron chi connectivity index (χ4n) is 4.04. The highest BCUT2D eigenvalue weighted by atomic mass is 35.5. The van der Waals surface area contributed by atoms with E-state index in [2.05, 4.69) is 46.7 Å². The molecule has 4 rings (SSSR count). The molecule has 0 aliphatic rings. The number of carbonyl (C=O) groups is 1. The van der Waals surface area contributed by atoms with Gasteiger partial charge >= 0.3 is 0 Å². The van der Waals surface area contributed by atoms with E-state index in [1.54, 1.807) is 6.33 Å². The number of nitrogens with zero attached hydrogens (tertiary/aromatic N) is 2. The van der Waals surface area contributed by atoms with E-state index in [1.807, 2.05) is 65.4 Å². The number of nitrogens with one attached hydrogen (secondary N) is 1. The van der Waals surface area contributed by atoms with Gasteiger partial charge in [-0.05, 0) is 16.7 Å². The van der Waals surface area contributed by atoms with Crippen LogP contribution in [0.2, 0.25) is 0 Å². The maximum Gasteiger partial charge on any atom is 0.235 e. The maximum atomic E-state index is 11.5. The molecule has 0 aliphatic heterocycles. The molecule has 1 heterocycles. The molecule has 0 saturated heterocycles. The zero-order valence-corrected chi connectivity index (χ0v) is 18.2. The summed E-state index contributed by atoms with van der Waals surface area (Å²) in [6, 6.07) is 30.7. The Kier molecular flexibility index (Phi) is 6.69. The first-order chi connectivity index (χ1) is 15.7. The Bertz CT molecular complexity index is 1050.